The molecule has 0 aliphatic rings. The minimum Gasteiger partial charge on any atom is -0.358 e. The van der Waals surface area contributed by atoms with Gasteiger partial charge in [0.1, 0.15) is 9.82 Å². The molecule has 1 N–H and O–H groups in total. The Bertz CT molecular complexity index is 954. The number of fused-ring (bicyclic) bond motifs is 3. The molecule has 2 heterocycles. The van der Waals surface area contributed by atoms with E-state index in [4.69, 9.17) is 12.2 Å². The van der Waals surface area contributed by atoms with Crippen LogP contribution >= 0.6 is 23.8 Å². The predicted octanol–water partition coefficient (Wildman–Crippen LogP) is 4.17. The van der Waals surface area contributed by atoms with E-state index in [0.29, 0.717) is 6.67 Å². The molecule has 0 atom stereocenters. The van der Waals surface area contributed by atoms with E-state index in [2.05, 4.69) is 38.5 Å². The number of thiocarbonyl (C=S) groups is 1. The number of hydrogen-bond donors (Lipinski definition) is 1. The lowest BCUT2D eigenvalue weighted by molar-refractivity contribution is 0.719. The Kier molecular flexibility index (Phi) is 3.36. The SMILES string of the molecule is S=C(NCn1c2ccccc2c2cnsc21)c1ccccc1. The average molecular weight is 323 g/mol. The van der Waals surface area contributed by atoms with Gasteiger partial charge in [0.05, 0.1) is 18.4 Å². The van der Waals surface area contributed by atoms with Crippen molar-refractivity contribution in [2.24, 2.45) is 0 Å². The fourth-order valence-electron chi connectivity index (χ4n) is 2.66. The van der Waals surface area contributed by atoms with E-state index < -0.39 is 0 Å². The third-order valence-corrected chi connectivity index (χ3v) is 4.92. The van der Waals surface area contributed by atoms with E-state index >= 15 is 0 Å². The highest BCUT2D eigenvalue weighted by atomic mass is 32.1. The summed E-state index contributed by atoms with van der Waals surface area (Å²) in [4.78, 5) is 1.93. The normalized spacial score (nSPS) is 11.1. The van der Waals surface area contributed by atoms with Crippen molar-refractivity contribution in [3.63, 3.8) is 0 Å². The molecule has 0 unspecified atom stereocenters. The minimum absolute atomic E-state index is 0.639. The number of aromatic nitrogens is 2. The first-order chi connectivity index (χ1) is 10.8. The zero-order chi connectivity index (χ0) is 14.9. The van der Waals surface area contributed by atoms with Gasteiger partial charge in [-0.05, 0) is 17.6 Å². The van der Waals surface area contributed by atoms with Crippen molar-refractivity contribution in [3.05, 3.63) is 66.4 Å². The fraction of sp³-hybridized carbons (Fsp3) is 0.0588. The zero-order valence-electron chi connectivity index (χ0n) is 11.7. The summed E-state index contributed by atoms with van der Waals surface area (Å²) in [5.41, 5.74) is 2.24. The van der Waals surface area contributed by atoms with Gasteiger partial charge in [0.25, 0.3) is 0 Å². The third-order valence-electron chi connectivity index (χ3n) is 3.72. The lowest BCUT2D eigenvalue weighted by Gasteiger charge is -2.10. The second-order valence-electron chi connectivity index (χ2n) is 5.02. The Morgan fingerprint density at radius 2 is 1.82 bits per heavy atom. The summed E-state index contributed by atoms with van der Waals surface area (Å²) in [6, 6.07) is 18.4. The van der Waals surface area contributed by atoms with Gasteiger partial charge in [-0.15, -0.1) is 0 Å². The molecule has 4 aromatic rings. The molecule has 2 aromatic carbocycles. The standard InChI is InChI=1S/C17H13N3S2/c21-16(12-6-2-1-3-7-12)18-11-20-15-9-5-4-8-13(15)14-10-19-22-17(14)20/h1-10H,11H2,(H,18,21). The van der Waals surface area contributed by atoms with Crippen LogP contribution in [0.1, 0.15) is 5.56 Å². The van der Waals surface area contributed by atoms with Crippen molar-refractivity contribution in [2.75, 3.05) is 0 Å². The molecule has 0 fully saturated rings. The van der Waals surface area contributed by atoms with Gasteiger partial charge >= 0.3 is 0 Å². The van der Waals surface area contributed by atoms with E-state index in [1.54, 1.807) is 0 Å². The molecule has 0 aliphatic heterocycles. The molecule has 108 valence electrons. The van der Waals surface area contributed by atoms with Crippen LogP contribution in [0.3, 0.4) is 0 Å². The summed E-state index contributed by atoms with van der Waals surface area (Å²) >= 11 is 7.00. The van der Waals surface area contributed by atoms with Crippen LogP contribution in [0.2, 0.25) is 0 Å². The van der Waals surface area contributed by atoms with Crippen LogP contribution in [0.5, 0.6) is 0 Å². The molecule has 5 heteroatoms. The molecule has 0 saturated carbocycles. The number of rotatable bonds is 3. The number of nitrogens with zero attached hydrogens (tertiary/aromatic N) is 2. The van der Waals surface area contributed by atoms with Crippen molar-refractivity contribution < 1.29 is 0 Å². The Morgan fingerprint density at radius 3 is 2.68 bits per heavy atom. The van der Waals surface area contributed by atoms with Gasteiger partial charge in [-0.3, -0.25) is 0 Å². The smallest absolute Gasteiger partial charge is 0.125 e. The highest BCUT2D eigenvalue weighted by Gasteiger charge is 2.12. The molecule has 22 heavy (non-hydrogen) atoms. The predicted molar refractivity (Wildman–Crippen MR) is 96.4 cm³/mol. The van der Waals surface area contributed by atoms with Crippen molar-refractivity contribution in [1.29, 1.82) is 0 Å². The number of benzene rings is 2. The molecule has 0 aliphatic carbocycles. The van der Waals surface area contributed by atoms with Gasteiger partial charge in [0.15, 0.2) is 0 Å². The molecule has 4 rings (SSSR count). The van der Waals surface area contributed by atoms with Crippen molar-refractivity contribution in [1.82, 2.24) is 14.3 Å². The highest BCUT2D eigenvalue weighted by Crippen LogP contribution is 2.30. The first-order valence-corrected chi connectivity index (χ1v) is 8.17. The Balaban J connectivity index is 1.69. The van der Waals surface area contributed by atoms with Gasteiger partial charge in [-0.1, -0.05) is 60.7 Å². The van der Waals surface area contributed by atoms with Crippen LogP contribution in [0.4, 0.5) is 0 Å². The number of nitrogens with one attached hydrogen (secondary N) is 1. The van der Waals surface area contributed by atoms with Crippen LogP contribution in [0.25, 0.3) is 21.1 Å². The van der Waals surface area contributed by atoms with E-state index in [-0.39, 0.29) is 0 Å². The largest absolute Gasteiger partial charge is 0.358 e. The molecule has 2 aromatic heterocycles. The molecule has 0 radical (unpaired) electrons. The zero-order valence-corrected chi connectivity index (χ0v) is 13.3. The van der Waals surface area contributed by atoms with E-state index in [1.807, 2.05) is 36.5 Å². The van der Waals surface area contributed by atoms with Gasteiger partial charge < -0.3 is 9.88 Å². The summed E-state index contributed by atoms with van der Waals surface area (Å²) < 4.78 is 6.55. The lowest BCUT2D eigenvalue weighted by atomic mass is 10.2. The lowest BCUT2D eigenvalue weighted by Crippen LogP contribution is -2.24. The van der Waals surface area contributed by atoms with Crippen LogP contribution in [0.15, 0.2) is 60.8 Å². The molecule has 3 nitrogen and oxygen atoms in total. The van der Waals surface area contributed by atoms with Crippen molar-refractivity contribution in [2.45, 2.75) is 6.67 Å². The second-order valence-corrected chi connectivity index (χ2v) is 6.21. The van der Waals surface area contributed by atoms with Crippen molar-refractivity contribution in [3.8, 4) is 0 Å². The molecule has 0 saturated heterocycles. The Hall–Kier alpha value is -2.24. The summed E-state index contributed by atoms with van der Waals surface area (Å²) in [6.45, 7) is 0.639. The topological polar surface area (TPSA) is 29.9 Å². The van der Waals surface area contributed by atoms with Crippen LogP contribution in [-0.4, -0.2) is 13.9 Å². The molecule has 0 amide bonds. The maximum Gasteiger partial charge on any atom is 0.125 e. The monoisotopic (exact) mass is 323 g/mol. The molecular formula is C17H13N3S2. The summed E-state index contributed by atoms with van der Waals surface area (Å²) in [6.07, 6.45) is 1.94. The van der Waals surface area contributed by atoms with Gasteiger partial charge in [-0.25, -0.2) is 0 Å². The maximum absolute atomic E-state index is 5.48. The van der Waals surface area contributed by atoms with E-state index in [9.17, 15) is 0 Å². The summed E-state index contributed by atoms with van der Waals surface area (Å²) in [5, 5.41) is 5.79. The highest BCUT2D eigenvalue weighted by molar-refractivity contribution is 7.80. The average Bonchev–Trinajstić information content (AvgIpc) is 3.15. The van der Waals surface area contributed by atoms with Gasteiger partial charge in [-0.2, -0.15) is 4.37 Å². The quantitative estimate of drug-likeness (QED) is 0.574. The van der Waals surface area contributed by atoms with Gasteiger partial charge in [0, 0.05) is 16.3 Å². The van der Waals surface area contributed by atoms with Gasteiger partial charge in [0.2, 0.25) is 0 Å². The fourth-order valence-corrected chi connectivity index (χ4v) is 3.64. The van der Waals surface area contributed by atoms with E-state index in [0.717, 1.165) is 10.6 Å². The second kappa shape index (κ2) is 5.51. The Morgan fingerprint density at radius 1 is 1.05 bits per heavy atom. The number of para-hydroxylation sites is 1. The summed E-state index contributed by atoms with van der Waals surface area (Å²) in [5.74, 6) is 0. The first-order valence-electron chi connectivity index (χ1n) is 6.99. The molecule has 0 spiro atoms. The van der Waals surface area contributed by atoms with Crippen molar-refractivity contribution >= 4 is 49.9 Å². The third kappa shape index (κ3) is 2.19. The number of hydrogen-bond acceptors (Lipinski definition) is 3. The maximum atomic E-state index is 5.48. The van der Waals surface area contributed by atoms with Crippen LogP contribution < -0.4 is 5.32 Å². The summed E-state index contributed by atoms with van der Waals surface area (Å²) in [7, 11) is 0. The first kappa shape index (κ1) is 13.4. The van der Waals surface area contributed by atoms with Crippen LogP contribution in [-0.2, 0) is 6.67 Å². The molecular weight excluding hydrogens is 310 g/mol. The Labute approximate surface area is 137 Å². The molecule has 0 bridgehead atoms. The van der Waals surface area contributed by atoms with Crippen LogP contribution in [0, 0.1) is 0 Å². The minimum atomic E-state index is 0.639. The van der Waals surface area contributed by atoms with E-state index in [1.165, 1.54) is 32.7 Å².